The summed E-state index contributed by atoms with van der Waals surface area (Å²) in [4.78, 5) is 10.6. The van der Waals surface area contributed by atoms with Crippen LogP contribution in [-0.4, -0.2) is 23.6 Å². The number of nitrogens with zero attached hydrogens (tertiary/aromatic N) is 3. The lowest BCUT2D eigenvalue weighted by Crippen LogP contribution is -2.18. The highest BCUT2D eigenvalue weighted by molar-refractivity contribution is 6.30. The normalized spacial score (nSPS) is 10.3. The predicted molar refractivity (Wildman–Crippen MR) is 84.4 cm³/mol. The Balaban J connectivity index is 2.04. The van der Waals surface area contributed by atoms with E-state index in [2.05, 4.69) is 27.1 Å². The van der Waals surface area contributed by atoms with Crippen molar-refractivity contribution < 1.29 is 0 Å². The van der Waals surface area contributed by atoms with E-state index < -0.39 is 0 Å². The molecule has 4 nitrogen and oxygen atoms in total. The van der Waals surface area contributed by atoms with Crippen LogP contribution in [0.5, 0.6) is 0 Å². The number of anilines is 2. The molecule has 0 aliphatic rings. The van der Waals surface area contributed by atoms with Crippen molar-refractivity contribution in [2.24, 2.45) is 0 Å². The van der Waals surface area contributed by atoms with Gasteiger partial charge in [-0.2, -0.15) is 0 Å². The monoisotopic (exact) mass is 290 g/mol. The van der Waals surface area contributed by atoms with Crippen molar-refractivity contribution in [3.05, 3.63) is 47.2 Å². The number of hydrogen-bond donors (Lipinski definition) is 1. The van der Waals surface area contributed by atoms with Gasteiger partial charge in [0.1, 0.15) is 18.0 Å². The van der Waals surface area contributed by atoms with Gasteiger partial charge in [0.15, 0.2) is 0 Å². The maximum absolute atomic E-state index is 5.89. The molecular formula is C15H19ClN4. The topological polar surface area (TPSA) is 41.0 Å². The van der Waals surface area contributed by atoms with Crippen LogP contribution in [0.1, 0.15) is 18.9 Å². The first kappa shape index (κ1) is 14.6. The Morgan fingerprint density at radius 3 is 2.65 bits per heavy atom. The highest BCUT2D eigenvalue weighted by atomic mass is 35.5. The summed E-state index contributed by atoms with van der Waals surface area (Å²) < 4.78 is 0. The summed E-state index contributed by atoms with van der Waals surface area (Å²) in [6.45, 7) is 3.82. The standard InChI is InChI=1S/C15H19ClN4/c1-3-8-17-14-9-15(19-11-18-14)20(2)10-12-4-6-13(16)7-5-12/h4-7,9,11H,3,8,10H2,1-2H3,(H,17,18,19). The van der Waals surface area contributed by atoms with Crippen LogP contribution in [0.15, 0.2) is 36.7 Å². The quantitative estimate of drug-likeness (QED) is 0.883. The Kier molecular flexibility index (Phi) is 5.18. The van der Waals surface area contributed by atoms with Gasteiger partial charge >= 0.3 is 0 Å². The average molecular weight is 291 g/mol. The first-order chi connectivity index (χ1) is 9.69. The van der Waals surface area contributed by atoms with Crippen LogP contribution in [0.2, 0.25) is 5.02 Å². The van der Waals surface area contributed by atoms with Gasteiger partial charge in [0.05, 0.1) is 0 Å². The van der Waals surface area contributed by atoms with Crippen LogP contribution in [0.3, 0.4) is 0 Å². The maximum atomic E-state index is 5.89. The van der Waals surface area contributed by atoms with Gasteiger partial charge in [0, 0.05) is 31.2 Å². The third-order valence-corrected chi connectivity index (χ3v) is 3.18. The Hall–Kier alpha value is -1.81. The summed E-state index contributed by atoms with van der Waals surface area (Å²) in [6.07, 6.45) is 2.66. The maximum Gasteiger partial charge on any atom is 0.134 e. The third kappa shape index (κ3) is 4.10. The van der Waals surface area contributed by atoms with E-state index >= 15 is 0 Å². The molecule has 5 heteroatoms. The minimum Gasteiger partial charge on any atom is -0.370 e. The molecule has 0 aliphatic carbocycles. The highest BCUT2D eigenvalue weighted by Gasteiger charge is 2.05. The van der Waals surface area contributed by atoms with Gasteiger partial charge in [0.2, 0.25) is 0 Å². The van der Waals surface area contributed by atoms with Crippen molar-refractivity contribution in [1.82, 2.24) is 9.97 Å². The first-order valence-electron chi connectivity index (χ1n) is 6.70. The van der Waals surface area contributed by atoms with Gasteiger partial charge in [-0.3, -0.25) is 0 Å². The molecule has 106 valence electrons. The van der Waals surface area contributed by atoms with E-state index in [4.69, 9.17) is 11.6 Å². The third-order valence-electron chi connectivity index (χ3n) is 2.93. The van der Waals surface area contributed by atoms with Crippen molar-refractivity contribution in [1.29, 1.82) is 0 Å². The van der Waals surface area contributed by atoms with E-state index in [-0.39, 0.29) is 0 Å². The van der Waals surface area contributed by atoms with Gasteiger partial charge in [-0.25, -0.2) is 9.97 Å². The van der Waals surface area contributed by atoms with Crippen LogP contribution in [0.4, 0.5) is 11.6 Å². The molecule has 2 aromatic rings. The molecule has 0 bridgehead atoms. The molecule has 1 heterocycles. The predicted octanol–water partition coefficient (Wildman–Crippen LogP) is 3.59. The van der Waals surface area contributed by atoms with Crippen molar-refractivity contribution in [2.45, 2.75) is 19.9 Å². The Bertz CT molecular complexity index is 542. The largest absolute Gasteiger partial charge is 0.370 e. The molecule has 0 spiro atoms. The second-order valence-corrected chi connectivity index (χ2v) is 5.11. The number of rotatable bonds is 6. The number of aromatic nitrogens is 2. The molecule has 1 aromatic carbocycles. The Labute approximate surface area is 124 Å². The molecule has 0 amide bonds. The zero-order valence-corrected chi connectivity index (χ0v) is 12.6. The first-order valence-corrected chi connectivity index (χ1v) is 7.08. The lowest BCUT2D eigenvalue weighted by Gasteiger charge is -2.18. The van der Waals surface area contributed by atoms with E-state index in [0.29, 0.717) is 0 Å². The molecular weight excluding hydrogens is 272 g/mol. The smallest absolute Gasteiger partial charge is 0.134 e. The van der Waals surface area contributed by atoms with Crippen LogP contribution in [0, 0.1) is 0 Å². The number of benzene rings is 1. The summed E-state index contributed by atoms with van der Waals surface area (Å²) in [5.41, 5.74) is 1.19. The Morgan fingerprint density at radius 2 is 1.95 bits per heavy atom. The second kappa shape index (κ2) is 7.10. The fourth-order valence-corrected chi connectivity index (χ4v) is 1.98. The summed E-state index contributed by atoms with van der Waals surface area (Å²) in [7, 11) is 2.01. The van der Waals surface area contributed by atoms with E-state index in [9.17, 15) is 0 Å². The van der Waals surface area contributed by atoms with Gasteiger partial charge in [-0.05, 0) is 24.1 Å². The van der Waals surface area contributed by atoms with E-state index in [1.165, 1.54) is 5.56 Å². The van der Waals surface area contributed by atoms with Crippen LogP contribution < -0.4 is 10.2 Å². The van der Waals surface area contributed by atoms with Crippen molar-refractivity contribution in [3.63, 3.8) is 0 Å². The van der Waals surface area contributed by atoms with Crippen molar-refractivity contribution in [3.8, 4) is 0 Å². The summed E-state index contributed by atoms with van der Waals surface area (Å²) in [6, 6.07) is 9.82. The molecule has 0 saturated heterocycles. The van der Waals surface area contributed by atoms with E-state index in [1.54, 1.807) is 6.33 Å². The summed E-state index contributed by atoms with van der Waals surface area (Å²) in [5.74, 6) is 1.76. The lowest BCUT2D eigenvalue weighted by atomic mass is 10.2. The summed E-state index contributed by atoms with van der Waals surface area (Å²) in [5, 5.41) is 4.02. The minimum atomic E-state index is 0.754. The molecule has 0 aliphatic heterocycles. The molecule has 0 radical (unpaired) electrons. The molecule has 1 aromatic heterocycles. The molecule has 20 heavy (non-hydrogen) atoms. The van der Waals surface area contributed by atoms with Crippen LogP contribution in [0.25, 0.3) is 0 Å². The van der Waals surface area contributed by atoms with Gasteiger partial charge in [-0.15, -0.1) is 0 Å². The summed E-state index contributed by atoms with van der Waals surface area (Å²) >= 11 is 5.89. The van der Waals surface area contributed by atoms with Crippen LogP contribution in [-0.2, 0) is 6.54 Å². The number of nitrogens with one attached hydrogen (secondary N) is 1. The zero-order valence-electron chi connectivity index (χ0n) is 11.8. The Morgan fingerprint density at radius 1 is 1.20 bits per heavy atom. The van der Waals surface area contributed by atoms with Crippen molar-refractivity contribution in [2.75, 3.05) is 23.8 Å². The van der Waals surface area contributed by atoms with Gasteiger partial charge in [-0.1, -0.05) is 30.7 Å². The number of halogens is 1. The molecule has 1 N–H and O–H groups in total. The van der Waals surface area contributed by atoms with Crippen molar-refractivity contribution >= 4 is 23.2 Å². The molecule has 0 saturated carbocycles. The molecule has 0 unspecified atom stereocenters. The molecule has 0 atom stereocenters. The van der Waals surface area contributed by atoms with Gasteiger partial charge < -0.3 is 10.2 Å². The molecule has 2 rings (SSSR count). The SMILES string of the molecule is CCCNc1cc(N(C)Cc2ccc(Cl)cc2)ncn1. The number of hydrogen-bond acceptors (Lipinski definition) is 4. The molecule has 0 fully saturated rings. The van der Waals surface area contributed by atoms with Gasteiger partial charge in [0.25, 0.3) is 0 Å². The van der Waals surface area contributed by atoms with E-state index in [1.807, 2.05) is 37.4 Å². The van der Waals surface area contributed by atoms with E-state index in [0.717, 1.165) is 36.2 Å². The second-order valence-electron chi connectivity index (χ2n) is 4.67. The fourth-order valence-electron chi connectivity index (χ4n) is 1.85. The average Bonchev–Trinajstić information content (AvgIpc) is 2.48. The minimum absolute atomic E-state index is 0.754. The van der Waals surface area contributed by atoms with Crippen LogP contribution >= 0.6 is 11.6 Å². The highest BCUT2D eigenvalue weighted by Crippen LogP contribution is 2.16. The zero-order chi connectivity index (χ0) is 14.4. The fraction of sp³-hybridized carbons (Fsp3) is 0.333. The lowest BCUT2D eigenvalue weighted by molar-refractivity contribution is 0.888.